The molecule has 0 aliphatic carbocycles. The summed E-state index contributed by atoms with van der Waals surface area (Å²) in [6.07, 6.45) is 8.14. The number of carbonyl (C=O) groups excluding carboxylic acids is 2. The largest absolute Gasteiger partial charge is 0.508 e. The van der Waals surface area contributed by atoms with E-state index in [-0.39, 0.29) is 48.1 Å². The highest BCUT2D eigenvalue weighted by Crippen LogP contribution is 2.28. The molecule has 3 heterocycles. The average molecular weight is 856 g/mol. The Bertz CT molecular complexity index is 2820. The van der Waals surface area contributed by atoms with Gasteiger partial charge in [0.1, 0.15) is 11.4 Å². The van der Waals surface area contributed by atoms with Crippen molar-refractivity contribution in [1.29, 1.82) is 0 Å². The predicted octanol–water partition coefficient (Wildman–Crippen LogP) is 9.25. The second-order valence-electron chi connectivity index (χ2n) is 16.1. The van der Waals surface area contributed by atoms with Gasteiger partial charge in [-0.15, -0.1) is 0 Å². The first-order valence-corrected chi connectivity index (χ1v) is 21.9. The molecule has 5 aromatic carbocycles. The van der Waals surface area contributed by atoms with Gasteiger partial charge in [0.25, 0.3) is 5.56 Å². The number of rotatable bonds is 18. The molecule has 3 N–H and O–H groups in total. The van der Waals surface area contributed by atoms with Crippen molar-refractivity contribution in [1.82, 2.24) is 19.9 Å². The van der Waals surface area contributed by atoms with E-state index >= 15 is 4.39 Å². The molecule has 5 aromatic rings. The van der Waals surface area contributed by atoms with Crippen molar-refractivity contribution in [3.63, 3.8) is 0 Å². The number of hydrogen-bond donors (Lipinski definition) is 3. The number of anilines is 1. The number of unbranched alkanes of at least 4 members (excludes halogenated alkanes) is 5. The number of fused-ring (bicyclic) bond motifs is 3. The van der Waals surface area contributed by atoms with E-state index < -0.39 is 5.82 Å². The molecule has 0 saturated carbocycles. The minimum Gasteiger partial charge on any atom is -0.508 e. The molecular weight excluding hydrogens is 806 g/mol. The van der Waals surface area contributed by atoms with Crippen LogP contribution in [0.4, 0.5) is 10.1 Å². The molecule has 0 spiro atoms. The Labute approximate surface area is 372 Å². The first kappa shape index (κ1) is 43.2. The fourth-order valence-corrected chi connectivity index (χ4v) is 7.96. The van der Waals surface area contributed by atoms with Gasteiger partial charge in [-0.25, -0.2) is 9.37 Å². The number of carbonyl (C=O) groups is 2. The standard InChI is InChI=1S/C53H50FN5O5/c54-44-32-38(34-46-53(63)59-36-47(40-23-25-43(60)26-24-40)56-45(52(59)57-46)33-37-14-6-5-7-15-37)20-27-49(44)64-31-13-4-2-1-3-12-30-55-50(61)28-29-51(62)58-35-42-18-9-8-16-39(42)21-22-41-17-10-11-19-48(41)58/h5-11,14-20,23-27,32,36,56,60H,1-4,12-13,28-31,33-35H2,(H,55,61). The first-order chi connectivity index (χ1) is 31.3. The Balaban J connectivity index is 0.749. The Morgan fingerprint density at radius 3 is 2.31 bits per heavy atom. The molecule has 0 bridgehead atoms. The number of phenols is 1. The number of halogens is 1. The molecule has 11 heteroatoms. The van der Waals surface area contributed by atoms with E-state index in [9.17, 15) is 19.5 Å². The number of nitrogens with one attached hydrogen (secondary N) is 2. The number of aromatic hydroxyl groups is 1. The fraction of sp³-hybridized carbons (Fsp3) is 0.245. The maximum absolute atomic E-state index is 15.2. The van der Waals surface area contributed by atoms with Crippen LogP contribution in [0, 0.1) is 17.7 Å². The third-order valence-electron chi connectivity index (χ3n) is 11.4. The van der Waals surface area contributed by atoms with Crippen LogP contribution in [0.3, 0.4) is 0 Å². The van der Waals surface area contributed by atoms with Gasteiger partial charge >= 0.3 is 0 Å². The van der Waals surface area contributed by atoms with Gasteiger partial charge in [0.15, 0.2) is 17.4 Å². The molecule has 10 nitrogen and oxygen atoms in total. The third kappa shape index (κ3) is 10.8. The van der Waals surface area contributed by atoms with Crippen molar-refractivity contribution in [2.24, 2.45) is 0 Å². The third-order valence-corrected chi connectivity index (χ3v) is 11.4. The molecule has 0 saturated heterocycles. The molecule has 3 aliphatic heterocycles. The summed E-state index contributed by atoms with van der Waals surface area (Å²) >= 11 is 0. The summed E-state index contributed by atoms with van der Waals surface area (Å²) in [5.41, 5.74) is 7.37. The lowest BCUT2D eigenvalue weighted by atomic mass is 10.0. The van der Waals surface area contributed by atoms with Crippen molar-refractivity contribution in [2.75, 3.05) is 18.1 Å². The van der Waals surface area contributed by atoms with E-state index in [4.69, 9.17) is 9.72 Å². The number of aromatic nitrogens is 3. The summed E-state index contributed by atoms with van der Waals surface area (Å²) in [4.78, 5) is 49.7. The summed E-state index contributed by atoms with van der Waals surface area (Å²) in [5.74, 6) is 6.52. The zero-order valence-corrected chi connectivity index (χ0v) is 35.6. The average Bonchev–Trinajstić information content (AvgIpc) is 3.62. The van der Waals surface area contributed by atoms with Gasteiger partial charge < -0.3 is 25.0 Å². The van der Waals surface area contributed by atoms with E-state index in [1.54, 1.807) is 52.1 Å². The maximum Gasteiger partial charge on any atom is 0.278 e. The van der Waals surface area contributed by atoms with Gasteiger partial charge in [-0.3, -0.25) is 19.0 Å². The minimum absolute atomic E-state index is 0.109. The van der Waals surface area contributed by atoms with Crippen LogP contribution in [0.2, 0.25) is 0 Å². The summed E-state index contributed by atoms with van der Waals surface area (Å²) in [6.45, 7) is 1.34. The van der Waals surface area contributed by atoms with Crippen molar-refractivity contribution >= 4 is 17.5 Å². The highest BCUT2D eigenvalue weighted by Gasteiger charge is 2.23. The highest BCUT2D eigenvalue weighted by atomic mass is 19.1. The normalized spacial score (nSPS) is 11.8. The topological polar surface area (TPSA) is 130 Å². The number of hydrogen-bond acceptors (Lipinski definition) is 6. The van der Waals surface area contributed by atoms with Crippen molar-refractivity contribution < 1.29 is 23.8 Å². The number of para-hydroxylation sites is 1. The van der Waals surface area contributed by atoms with Crippen LogP contribution in [0.1, 0.15) is 90.6 Å². The van der Waals surface area contributed by atoms with E-state index in [1.807, 2.05) is 78.9 Å². The molecule has 2 amide bonds. The second-order valence-corrected chi connectivity index (χ2v) is 16.1. The van der Waals surface area contributed by atoms with Crippen LogP contribution in [0.25, 0.3) is 17.1 Å². The van der Waals surface area contributed by atoms with E-state index in [1.165, 1.54) is 6.07 Å². The number of phenolic OH excluding ortho intramolecular Hbond substituents is 1. The summed E-state index contributed by atoms with van der Waals surface area (Å²) in [6, 6.07) is 36.9. The van der Waals surface area contributed by atoms with Gasteiger partial charge in [0.2, 0.25) is 11.8 Å². The monoisotopic (exact) mass is 855 g/mol. The number of imidazole rings is 1. The van der Waals surface area contributed by atoms with Gasteiger partial charge in [0, 0.05) is 49.6 Å². The predicted molar refractivity (Wildman–Crippen MR) is 246 cm³/mol. The minimum atomic E-state index is -0.490. The van der Waals surface area contributed by atoms with Crippen LogP contribution in [-0.2, 0) is 29.0 Å². The molecule has 3 aliphatic rings. The number of aromatic amines is 1. The van der Waals surface area contributed by atoms with Crippen molar-refractivity contribution in [2.45, 2.75) is 70.8 Å². The summed E-state index contributed by atoms with van der Waals surface area (Å²) < 4.78 is 22.6. The second kappa shape index (κ2) is 20.6. The van der Waals surface area contributed by atoms with Crippen LogP contribution < -0.4 is 20.5 Å². The lowest BCUT2D eigenvalue weighted by Gasteiger charge is -2.26. The van der Waals surface area contributed by atoms with E-state index in [0.29, 0.717) is 48.9 Å². The quantitative estimate of drug-likeness (QED) is 0.0583. The van der Waals surface area contributed by atoms with Crippen LogP contribution in [-0.4, -0.2) is 44.6 Å². The van der Waals surface area contributed by atoms with E-state index in [2.05, 4.69) is 22.1 Å². The molecule has 0 aromatic heterocycles. The molecule has 324 valence electrons. The van der Waals surface area contributed by atoms with Gasteiger partial charge in [0.05, 0.1) is 30.2 Å². The molecular formula is C53H50FN5O5. The lowest BCUT2D eigenvalue weighted by molar-refractivity contribution is -0.125. The molecule has 0 fully saturated rings. The zero-order valence-electron chi connectivity index (χ0n) is 35.6. The Morgan fingerprint density at radius 2 is 1.50 bits per heavy atom. The number of H-pyrrole nitrogens is 1. The molecule has 0 atom stereocenters. The molecule has 0 unspecified atom stereocenters. The fourth-order valence-electron chi connectivity index (χ4n) is 7.96. The van der Waals surface area contributed by atoms with Crippen molar-refractivity contribution in [3.05, 3.63) is 183 Å². The molecule has 8 rings (SSSR count). The zero-order chi connectivity index (χ0) is 44.3. The maximum atomic E-state index is 15.2. The number of nitrogens with zero attached hydrogens (tertiary/aromatic N) is 3. The van der Waals surface area contributed by atoms with Gasteiger partial charge in [-0.1, -0.05) is 104 Å². The smallest absolute Gasteiger partial charge is 0.278 e. The van der Waals surface area contributed by atoms with Crippen LogP contribution >= 0.6 is 0 Å². The summed E-state index contributed by atoms with van der Waals surface area (Å²) in [5, 5.41) is 12.8. The van der Waals surface area contributed by atoms with E-state index in [0.717, 1.165) is 77.7 Å². The van der Waals surface area contributed by atoms with Gasteiger partial charge in [-0.2, -0.15) is 0 Å². The lowest BCUT2D eigenvalue weighted by Crippen LogP contribution is -2.33. The summed E-state index contributed by atoms with van der Waals surface area (Å²) in [7, 11) is 0. The van der Waals surface area contributed by atoms with Crippen molar-refractivity contribution in [3.8, 4) is 40.4 Å². The molecule has 64 heavy (non-hydrogen) atoms. The number of amides is 2. The SMILES string of the molecule is O=C(CCC(=O)N1Cc2ccccc2C#Cc2ccccc21)NCCCCCCCCOc1ccc(Cc2nc3c(Cc4ccccc4)[nH]c(-c4ccc(O)cc4)cn-3c2=O)cc1F. The number of ether oxygens (including phenoxy) is 1. The number of benzene rings is 5. The van der Waals surface area contributed by atoms with Crippen LogP contribution in [0.15, 0.2) is 132 Å². The van der Waals surface area contributed by atoms with Gasteiger partial charge in [-0.05, 0) is 89.7 Å². The molecule has 0 radical (unpaired) electrons. The Morgan fingerprint density at radius 1 is 0.781 bits per heavy atom. The highest BCUT2D eigenvalue weighted by molar-refractivity contribution is 5.97. The Kier molecular flexibility index (Phi) is 13.9. The Hall–Kier alpha value is -7.45. The van der Waals surface area contributed by atoms with Crippen LogP contribution in [0.5, 0.6) is 11.5 Å². The first-order valence-electron chi connectivity index (χ1n) is 21.9.